The fourth-order valence-electron chi connectivity index (χ4n) is 1.78. The molecule has 0 aliphatic heterocycles. The number of anilines is 1. The molecule has 1 heterocycles. The predicted octanol–water partition coefficient (Wildman–Crippen LogP) is 3.54. The van der Waals surface area contributed by atoms with Gasteiger partial charge in [-0.3, -0.25) is 10.1 Å². The lowest BCUT2D eigenvalue weighted by molar-refractivity contribution is -0.384. The number of nitriles is 1. The van der Waals surface area contributed by atoms with Crippen molar-refractivity contribution in [2.75, 3.05) is 11.9 Å². The lowest BCUT2D eigenvalue weighted by Gasteiger charge is -2.08. The molecule has 7 heteroatoms. The van der Waals surface area contributed by atoms with Crippen molar-refractivity contribution in [2.24, 2.45) is 0 Å². The summed E-state index contributed by atoms with van der Waals surface area (Å²) in [5.41, 5.74) is 0.992. The molecule has 0 spiro atoms. The van der Waals surface area contributed by atoms with Gasteiger partial charge in [0.05, 0.1) is 23.2 Å². The molecule has 0 amide bonds. The number of nitro benzene ring substituents is 1. The molecule has 6 nitrogen and oxygen atoms in total. The molecule has 0 saturated heterocycles. The number of ether oxygens (including phenoxy) is 1. The maximum absolute atomic E-state index is 11.1. The van der Waals surface area contributed by atoms with Gasteiger partial charge < -0.3 is 10.1 Å². The smallest absolute Gasteiger partial charge is 0.296 e. The summed E-state index contributed by atoms with van der Waals surface area (Å²) in [6, 6.07) is 8.54. The minimum atomic E-state index is -0.444. The Balaban J connectivity index is 2.15. The van der Waals surface area contributed by atoms with Gasteiger partial charge in [0.1, 0.15) is 17.5 Å². The molecule has 2 aromatic rings. The summed E-state index contributed by atoms with van der Waals surface area (Å²) in [4.78, 5) is 11.6. The predicted molar refractivity (Wildman–Crippen MR) is 80.6 cm³/mol. The van der Waals surface area contributed by atoms with E-state index in [-0.39, 0.29) is 5.69 Å². The largest absolute Gasteiger partial charge is 0.494 e. The van der Waals surface area contributed by atoms with Gasteiger partial charge in [0.15, 0.2) is 0 Å². The van der Waals surface area contributed by atoms with E-state index >= 15 is 0 Å². The normalized spacial score (nSPS) is 9.90. The first-order valence-corrected chi connectivity index (χ1v) is 7.14. The van der Waals surface area contributed by atoms with E-state index in [2.05, 4.69) is 11.4 Å². The first kappa shape index (κ1) is 14.8. The van der Waals surface area contributed by atoms with Crippen LogP contribution in [0.15, 0.2) is 29.6 Å². The van der Waals surface area contributed by atoms with Gasteiger partial charge >= 0.3 is 0 Å². The van der Waals surface area contributed by atoms with Crippen molar-refractivity contribution in [2.45, 2.75) is 13.5 Å². The fourth-order valence-corrected chi connectivity index (χ4v) is 2.53. The highest BCUT2D eigenvalue weighted by atomic mass is 32.1. The summed E-state index contributed by atoms with van der Waals surface area (Å²) in [7, 11) is 0. The van der Waals surface area contributed by atoms with Crippen LogP contribution in [0.5, 0.6) is 5.75 Å². The van der Waals surface area contributed by atoms with Gasteiger partial charge in [-0.15, -0.1) is 11.3 Å². The van der Waals surface area contributed by atoms with Gasteiger partial charge in [-0.1, -0.05) is 0 Å². The number of benzene rings is 1. The number of nitrogens with zero attached hydrogens (tertiary/aromatic N) is 2. The van der Waals surface area contributed by atoms with Crippen LogP contribution < -0.4 is 10.1 Å². The molecule has 0 radical (unpaired) electrons. The molecule has 2 rings (SSSR count). The summed E-state index contributed by atoms with van der Waals surface area (Å²) in [5, 5.41) is 24.7. The van der Waals surface area contributed by atoms with Crippen LogP contribution in [0, 0.1) is 21.4 Å². The Hall–Kier alpha value is -2.59. The summed E-state index contributed by atoms with van der Waals surface area (Å²) in [5.74, 6) is 0.470. The first-order valence-electron chi connectivity index (χ1n) is 6.26. The van der Waals surface area contributed by atoms with E-state index in [1.807, 2.05) is 6.92 Å². The molecule has 1 aromatic heterocycles. The molecule has 1 aromatic carbocycles. The molecule has 1 N–H and O–H groups in total. The molecular formula is C14H13N3O3S. The molecule has 0 unspecified atom stereocenters. The van der Waals surface area contributed by atoms with Crippen molar-refractivity contribution < 1.29 is 9.66 Å². The van der Waals surface area contributed by atoms with Gasteiger partial charge in [-0.2, -0.15) is 5.26 Å². The molecule has 0 saturated carbocycles. The topological polar surface area (TPSA) is 88.2 Å². The molecule has 108 valence electrons. The quantitative estimate of drug-likeness (QED) is 0.651. The Morgan fingerprint density at radius 2 is 2.29 bits per heavy atom. The monoisotopic (exact) mass is 303 g/mol. The van der Waals surface area contributed by atoms with E-state index < -0.39 is 4.92 Å². The SMILES string of the molecule is CCOc1ccc(NCc2cc(C#N)cs2)c([N+](=O)[O-])c1. The first-order chi connectivity index (χ1) is 10.1. The van der Waals surface area contributed by atoms with Gasteiger partial charge in [0.2, 0.25) is 0 Å². The Morgan fingerprint density at radius 1 is 1.48 bits per heavy atom. The zero-order valence-electron chi connectivity index (χ0n) is 11.3. The highest BCUT2D eigenvalue weighted by Crippen LogP contribution is 2.30. The molecule has 0 atom stereocenters. The minimum absolute atomic E-state index is 0.0296. The van der Waals surface area contributed by atoms with Crippen molar-refractivity contribution in [3.05, 3.63) is 50.2 Å². The number of hydrogen-bond donors (Lipinski definition) is 1. The number of nitro groups is 1. The van der Waals surface area contributed by atoms with Crippen LogP contribution in [0.1, 0.15) is 17.4 Å². The maximum Gasteiger partial charge on any atom is 0.296 e. The van der Waals surface area contributed by atoms with E-state index in [0.29, 0.717) is 30.2 Å². The molecule has 0 bridgehead atoms. The van der Waals surface area contributed by atoms with Crippen LogP contribution in [0.4, 0.5) is 11.4 Å². The Bertz CT molecular complexity index is 691. The van der Waals surface area contributed by atoms with E-state index in [4.69, 9.17) is 10.00 Å². The van der Waals surface area contributed by atoms with Crippen LogP contribution in [-0.2, 0) is 6.54 Å². The zero-order chi connectivity index (χ0) is 15.2. The molecule has 0 fully saturated rings. The third kappa shape index (κ3) is 3.70. The fraction of sp³-hybridized carbons (Fsp3) is 0.214. The summed E-state index contributed by atoms with van der Waals surface area (Å²) in [6.45, 7) is 2.71. The van der Waals surface area contributed by atoms with Crippen LogP contribution in [0.2, 0.25) is 0 Å². The van der Waals surface area contributed by atoms with Crippen LogP contribution >= 0.6 is 11.3 Å². The highest BCUT2D eigenvalue weighted by Gasteiger charge is 2.15. The van der Waals surface area contributed by atoms with Gasteiger partial charge in [-0.25, -0.2) is 0 Å². The van der Waals surface area contributed by atoms with E-state index in [9.17, 15) is 10.1 Å². The summed E-state index contributed by atoms with van der Waals surface area (Å²) < 4.78 is 5.27. The van der Waals surface area contributed by atoms with E-state index in [1.54, 1.807) is 23.6 Å². The molecule has 0 aliphatic carbocycles. The van der Waals surface area contributed by atoms with Gasteiger partial charge in [-0.05, 0) is 25.1 Å². The second kappa shape index (κ2) is 6.72. The Labute approximate surface area is 125 Å². The van der Waals surface area contributed by atoms with Crippen molar-refractivity contribution in [3.8, 4) is 11.8 Å². The molecule has 0 aliphatic rings. The van der Waals surface area contributed by atoms with Crippen molar-refractivity contribution in [1.82, 2.24) is 0 Å². The average molecular weight is 303 g/mol. The molecular weight excluding hydrogens is 290 g/mol. The minimum Gasteiger partial charge on any atom is -0.494 e. The number of nitrogens with one attached hydrogen (secondary N) is 1. The van der Waals surface area contributed by atoms with E-state index in [0.717, 1.165) is 4.88 Å². The summed E-state index contributed by atoms with van der Waals surface area (Å²) in [6.07, 6.45) is 0. The number of rotatable bonds is 6. The van der Waals surface area contributed by atoms with Crippen LogP contribution in [-0.4, -0.2) is 11.5 Å². The standard InChI is InChI=1S/C14H13N3O3S/c1-2-20-11-3-4-13(14(6-11)17(18)19)16-8-12-5-10(7-15)9-21-12/h3-6,9,16H,2,8H2,1H3. The van der Waals surface area contributed by atoms with Crippen LogP contribution in [0.3, 0.4) is 0 Å². The van der Waals surface area contributed by atoms with Crippen molar-refractivity contribution in [3.63, 3.8) is 0 Å². The highest BCUT2D eigenvalue weighted by molar-refractivity contribution is 7.10. The molecule has 21 heavy (non-hydrogen) atoms. The maximum atomic E-state index is 11.1. The number of thiophene rings is 1. The van der Waals surface area contributed by atoms with Gasteiger partial charge in [0, 0.05) is 16.8 Å². The Morgan fingerprint density at radius 3 is 2.90 bits per heavy atom. The lowest BCUT2D eigenvalue weighted by atomic mass is 10.2. The third-order valence-electron chi connectivity index (χ3n) is 2.71. The van der Waals surface area contributed by atoms with Crippen molar-refractivity contribution >= 4 is 22.7 Å². The lowest BCUT2D eigenvalue weighted by Crippen LogP contribution is -2.02. The van der Waals surface area contributed by atoms with Gasteiger partial charge in [0.25, 0.3) is 5.69 Å². The second-order valence-electron chi connectivity index (χ2n) is 4.14. The van der Waals surface area contributed by atoms with Crippen molar-refractivity contribution in [1.29, 1.82) is 5.26 Å². The van der Waals surface area contributed by atoms with E-state index in [1.165, 1.54) is 17.4 Å². The average Bonchev–Trinajstić information content (AvgIpc) is 2.94. The second-order valence-corrected chi connectivity index (χ2v) is 5.13. The zero-order valence-corrected chi connectivity index (χ0v) is 12.1. The number of hydrogen-bond acceptors (Lipinski definition) is 6. The van der Waals surface area contributed by atoms with Crippen LogP contribution in [0.25, 0.3) is 0 Å². The summed E-state index contributed by atoms with van der Waals surface area (Å²) >= 11 is 1.44. The third-order valence-corrected chi connectivity index (χ3v) is 3.65. The Kier molecular flexibility index (Phi) is 4.74.